The van der Waals surface area contributed by atoms with Crippen LogP contribution in [0.5, 0.6) is 0 Å². The summed E-state index contributed by atoms with van der Waals surface area (Å²) in [6.45, 7) is 3.32. The molecule has 1 amide bonds. The molecule has 0 unspecified atom stereocenters. The van der Waals surface area contributed by atoms with E-state index in [4.69, 9.17) is 4.98 Å². The van der Waals surface area contributed by atoms with Gasteiger partial charge in [-0.2, -0.15) is 0 Å². The van der Waals surface area contributed by atoms with Crippen molar-refractivity contribution in [2.24, 2.45) is 0 Å². The first kappa shape index (κ1) is 19.2. The number of benzene rings is 2. The van der Waals surface area contributed by atoms with Gasteiger partial charge in [0.25, 0.3) is 0 Å². The minimum Gasteiger partial charge on any atom is -0.314 e. The van der Waals surface area contributed by atoms with Crippen LogP contribution in [0.25, 0.3) is 11.0 Å². The number of amides is 1. The van der Waals surface area contributed by atoms with Crippen molar-refractivity contribution in [3.8, 4) is 0 Å². The predicted molar refractivity (Wildman–Crippen MR) is 118 cm³/mol. The Morgan fingerprint density at radius 2 is 1.72 bits per heavy atom. The average molecular weight is 403 g/mol. The zero-order valence-electron chi connectivity index (χ0n) is 16.2. The third kappa shape index (κ3) is 4.32. The molecule has 0 saturated carbocycles. The van der Waals surface area contributed by atoms with E-state index in [1.807, 2.05) is 72.5 Å². The minimum atomic E-state index is 0.0752. The fraction of sp³-hybridized carbons (Fsp3) is 0.174. The lowest BCUT2D eigenvalue weighted by Gasteiger charge is -2.20. The fourth-order valence-corrected chi connectivity index (χ4v) is 4.19. The summed E-state index contributed by atoms with van der Waals surface area (Å²) < 4.78 is 2.17. The van der Waals surface area contributed by atoms with Gasteiger partial charge in [-0.25, -0.2) is 4.98 Å². The molecule has 0 spiro atoms. The highest BCUT2D eigenvalue weighted by atomic mass is 32.2. The Morgan fingerprint density at radius 3 is 2.48 bits per heavy atom. The van der Waals surface area contributed by atoms with Crippen LogP contribution < -0.4 is 4.90 Å². The number of carbonyl (C=O) groups excluding carboxylic acids is 1. The largest absolute Gasteiger partial charge is 0.314 e. The molecule has 0 atom stereocenters. The lowest BCUT2D eigenvalue weighted by molar-refractivity contribution is -0.116. The Bertz CT molecular complexity index is 1100. The molecule has 29 heavy (non-hydrogen) atoms. The molecule has 5 nitrogen and oxygen atoms in total. The molecule has 0 aliphatic carbocycles. The molecule has 0 bridgehead atoms. The summed E-state index contributed by atoms with van der Waals surface area (Å²) in [4.78, 5) is 23.6. The second-order valence-electron chi connectivity index (χ2n) is 6.59. The predicted octanol–water partition coefficient (Wildman–Crippen LogP) is 4.62. The Balaban J connectivity index is 1.57. The number of nitrogens with zero attached hydrogens (tertiary/aromatic N) is 4. The van der Waals surface area contributed by atoms with Crippen LogP contribution in [0.3, 0.4) is 0 Å². The van der Waals surface area contributed by atoms with Gasteiger partial charge in [0, 0.05) is 24.6 Å². The fourth-order valence-electron chi connectivity index (χ4n) is 3.30. The molecule has 2 aromatic carbocycles. The first-order valence-corrected chi connectivity index (χ1v) is 10.6. The van der Waals surface area contributed by atoms with Gasteiger partial charge in [0.2, 0.25) is 5.91 Å². The number of aromatic nitrogens is 3. The molecule has 4 rings (SSSR count). The molecule has 4 aromatic rings. The quantitative estimate of drug-likeness (QED) is 0.423. The van der Waals surface area contributed by atoms with Crippen molar-refractivity contribution in [1.82, 2.24) is 14.5 Å². The molecular formula is C23H22N4OS. The van der Waals surface area contributed by atoms with Crippen molar-refractivity contribution < 1.29 is 4.79 Å². The molecule has 0 aliphatic rings. The summed E-state index contributed by atoms with van der Waals surface area (Å²) in [6.07, 6.45) is 3.59. The molecule has 0 aliphatic heterocycles. The second kappa shape index (κ2) is 8.92. The van der Waals surface area contributed by atoms with Crippen molar-refractivity contribution in [3.63, 3.8) is 0 Å². The number of imidazole rings is 1. The lowest BCUT2D eigenvalue weighted by Crippen LogP contribution is -2.32. The zero-order chi connectivity index (χ0) is 20.1. The van der Waals surface area contributed by atoms with E-state index in [-0.39, 0.29) is 5.91 Å². The Labute approximate surface area is 174 Å². The van der Waals surface area contributed by atoms with Crippen LogP contribution in [0.15, 0.2) is 84.3 Å². The van der Waals surface area contributed by atoms with E-state index in [2.05, 4.69) is 15.6 Å². The summed E-state index contributed by atoms with van der Waals surface area (Å²) >= 11 is 1.48. The molecule has 0 radical (unpaired) electrons. The van der Waals surface area contributed by atoms with Crippen LogP contribution in [0.4, 0.5) is 5.69 Å². The van der Waals surface area contributed by atoms with E-state index in [9.17, 15) is 4.79 Å². The molecule has 6 heteroatoms. The molecular weight excluding hydrogens is 380 g/mol. The van der Waals surface area contributed by atoms with Crippen LogP contribution >= 0.6 is 11.8 Å². The van der Waals surface area contributed by atoms with Crippen LogP contribution in [0, 0.1) is 0 Å². The van der Waals surface area contributed by atoms with Gasteiger partial charge in [0.05, 0.1) is 23.3 Å². The number of thioether (sulfide) groups is 1. The van der Waals surface area contributed by atoms with Gasteiger partial charge < -0.3 is 9.47 Å². The van der Waals surface area contributed by atoms with Crippen LogP contribution in [-0.4, -0.2) is 32.7 Å². The third-order valence-corrected chi connectivity index (χ3v) is 5.68. The van der Waals surface area contributed by atoms with E-state index in [0.29, 0.717) is 18.8 Å². The van der Waals surface area contributed by atoms with E-state index in [1.165, 1.54) is 11.8 Å². The maximum Gasteiger partial charge on any atom is 0.237 e. The number of anilines is 1. The first-order chi connectivity index (χ1) is 14.3. The summed E-state index contributed by atoms with van der Waals surface area (Å²) in [7, 11) is 0. The highest BCUT2D eigenvalue weighted by Crippen LogP contribution is 2.26. The number of hydrogen-bond acceptors (Lipinski definition) is 4. The van der Waals surface area contributed by atoms with Gasteiger partial charge in [-0.15, -0.1) is 0 Å². The lowest BCUT2D eigenvalue weighted by atomic mass is 10.2. The Hall–Kier alpha value is -3.12. The maximum absolute atomic E-state index is 12.9. The van der Waals surface area contributed by atoms with Crippen LogP contribution in [0.1, 0.15) is 12.5 Å². The van der Waals surface area contributed by atoms with Gasteiger partial charge in [0.15, 0.2) is 5.16 Å². The summed E-state index contributed by atoms with van der Waals surface area (Å²) in [5.41, 5.74) is 4.07. The van der Waals surface area contributed by atoms with Gasteiger partial charge >= 0.3 is 0 Å². The van der Waals surface area contributed by atoms with Crippen molar-refractivity contribution >= 4 is 34.4 Å². The van der Waals surface area contributed by atoms with Gasteiger partial charge in [-0.05, 0) is 48.9 Å². The SMILES string of the molecule is CCN(C(=O)CSc1nc2ccccc2n1Cc1ccncc1)c1ccccc1. The van der Waals surface area contributed by atoms with Crippen molar-refractivity contribution in [3.05, 3.63) is 84.7 Å². The summed E-state index contributed by atoms with van der Waals surface area (Å²) in [5, 5.41) is 0.848. The monoisotopic (exact) mass is 402 g/mol. The number of carbonyl (C=O) groups is 1. The Kier molecular flexibility index (Phi) is 5.91. The first-order valence-electron chi connectivity index (χ1n) is 9.58. The summed E-state index contributed by atoms with van der Waals surface area (Å²) in [5.74, 6) is 0.411. The van der Waals surface area contributed by atoms with Gasteiger partial charge in [0.1, 0.15) is 0 Å². The van der Waals surface area contributed by atoms with E-state index in [0.717, 1.165) is 27.4 Å². The molecule has 2 heterocycles. The Morgan fingerprint density at radius 1 is 1.00 bits per heavy atom. The van der Waals surface area contributed by atoms with E-state index >= 15 is 0 Å². The zero-order valence-corrected chi connectivity index (χ0v) is 17.0. The highest BCUT2D eigenvalue weighted by molar-refractivity contribution is 7.99. The minimum absolute atomic E-state index is 0.0752. The van der Waals surface area contributed by atoms with Crippen LogP contribution in [-0.2, 0) is 11.3 Å². The average Bonchev–Trinajstić information content (AvgIpc) is 3.12. The summed E-state index contributed by atoms with van der Waals surface area (Å²) in [6, 6.07) is 21.9. The molecule has 2 aromatic heterocycles. The topological polar surface area (TPSA) is 51.0 Å². The normalized spacial score (nSPS) is 10.9. The number of rotatable bonds is 7. The molecule has 0 saturated heterocycles. The third-order valence-electron chi connectivity index (χ3n) is 4.72. The van der Waals surface area contributed by atoms with Crippen LogP contribution in [0.2, 0.25) is 0 Å². The number of para-hydroxylation sites is 3. The van der Waals surface area contributed by atoms with Gasteiger partial charge in [-0.3, -0.25) is 9.78 Å². The second-order valence-corrected chi connectivity index (χ2v) is 7.53. The highest BCUT2D eigenvalue weighted by Gasteiger charge is 2.17. The number of hydrogen-bond donors (Lipinski definition) is 0. The number of fused-ring (bicyclic) bond motifs is 1. The van der Waals surface area contributed by atoms with E-state index in [1.54, 1.807) is 12.4 Å². The van der Waals surface area contributed by atoms with Crippen molar-refractivity contribution in [1.29, 1.82) is 0 Å². The maximum atomic E-state index is 12.9. The molecule has 0 N–H and O–H groups in total. The van der Waals surface area contributed by atoms with Gasteiger partial charge in [-0.1, -0.05) is 42.1 Å². The van der Waals surface area contributed by atoms with Crippen molar-refractivity contribution in [2.75, 3.05) is 17.2 Å². The molecule has 0 fully saturated rings. The smallest absolute Gasteiger partial charge is 0.237 e. The standard InChI is InChI=1S/C23H22N4OS/c1-2-26(19-8-4-3-5-9-19)22(28)17-29-23-25-20-10-6-7-11-21(20)27(23)16-18-12-14-24-15-13-18/h3-15H,2,16-17H2,1H3. The van der Waals surface area contributed by atoms with Crippen molar-refractivity contribution in [2.45, 2.75) is 18.6 Å². The van der Waals surface area contributed by atoms with E-state index < -0.39 is 0 Å². The number of pyridine rings is 1. The molecule has 146 valence electrons.